The minimum absolute atomic E-state index is 0.0476. The molecule has 1 aromatic heterocycles. The number of pyridine rings is 1. The molecule has 0 unspecified atom stereocenters. The van der Waals surface area contributed by atoms with E-state index in [0.29, 0.717) is 5.56 Å². The molecule has 0 saturated carbocycles. The van der Waals surface area contributed by atoms with Crippen LogP contribution in [0.3, 0.4) is 0 Å². The summed E-state index contributed by atoms with van der Waals surface area (Å²) in [6.07, 6.45) is 1.67. The molecule has 15 heavy (non-hydrogen) atoms. The first-order valence-electron chi connectivity index (χ1n) is 4.77. The third kappa shape index (κ3) is 2.26. The number of aromatic nitrogens is 1. The highest BCUT2D eigenvalue weighted by molar-refractivity contribution is 5.58. The van der Waals surface area contributed by atoms with E-state index in [-0.39, 0.29) is 5.56 Å². The van der Waals surface area contributed by atoms with Crippen molar-refractivity contribution in [1.82, 2.24) is 4.98 Å². The Bertz CT molecular complexity index is 503. The van der Waals surface area contributed by atoms with Gasteiger partial charge in [-0.25, -0.2) is 0 Å². The first-order valence-corrected chi connectivity index (χ1v) is 4.77. The molecular formula is C12H12N2O. The van der Waals surface area contributed by atoms with Crippen LogP contribution >= 0.6 is 0 Å². The molecule has 0 bridgehead atoms. The predicted molar refractivity (Wildman–Crippen MR) is 61.5 cm³/mol. The van der Waals surface area contributed by atoms with Crippen LogP contribution in [-0.4, -0.2) is 4.98 Å². The Labute approximate surface area is 87.8 Å². The number of aryl methyl sites for hydroxylation is 1. The fourth-order valence-electron chi connectivity index (χ4n) is 1.36. The quantitative estimate of drug-likeness (QED) is 0.782. The van der Waals surface area contributed by atoms with Crippen molar-refractivity contribution in [1.29, 1.82) is 0 Å². The summed E-state index contributed by atoms with van der Waals surface area (Å²) < 4.78 is 0. The molecule has 0 saturated heterocycles. The van der Waals surface area contributed by atoms with Gasteiger partial charge in [0.05, 0.1) is 5.69 Å². The number of benzene rings is 1. The molecule has 0 aliphatic carbocycles. The lowest BCUT2D eigenvalue weighted by molar-refractivity contribution is 1.18. The van der Waals surface area contributed by atoms with Gasteiger partial charge in [0.25, 0.3) is 5.56 Å². The van der Waals surface area contributed by atoms with Crippen LogP contribution < -0.4 is 10.9 Å². The van der Waals surface area contributed by atoms with Crippen LogP contribution in [0.25, 0.3) is 0 Å². The summed E-state index contributed by atoms with van der Waals surface area (Å²) in [4.78, 5) is 13.8. The fraction of sp³-hybridized carbons (Fsp3) is 0.0833. The molecule has 3 heteroatoms. The lowest BCUT2D eigenvalue weighted by atomic mass is 10.2. The van der Waals surface area contributed by atoms with E-state index in [0.717, 1.165) is 11.4 Å². The summed E-state index contributed by atoms with van der Waals surface area (Å²) >= 11 is 0. The van der Waals surface area contributed by atoms with Crippen molar-refractivity contribution in [3.05, 3.63) is 58.5 Å². The highest BCUT2D eigenvalue weighted by Gasteiger charge is 1.96. The summed E-state index contributed by atoms with van der Waals surface area (Å²) in [5, 5.41) is 3.20. The summed E-state index contributed by atoms with van der Waals surface area (Å²) in [5.74, 6) is 0. The minimum Gasteiger partial charge on any atom is -0.354 e. The zero-order chi connectivity index (χ0) is 10.7. The van der Waals surface area contributed by atoms with Crippen LogP contribution in [0.15, 0.2) is 47.4 Å². The molecule has 0 aliphatic rings. The van der Waals surface area contributed by atoms with E-state index in [1.54, 1.807) is 13.1 Å². The van der Waals surface area contributed by atoms with Crippen molar-refractivity contribution in [3.63, 3.8) is 0 Å². The molecular weight excluding hydrogens is 188 g/mol. The van der Waals surface area contributed by atoms with Crippen molar-refractivity contribution < 1.29 is 0 Å². The lowest BCUT2D eigenvalue weighted by Gasteiger charge is -2.05. The maximum atomic E-state index is 11.1. The van der Waals surface area contributed by atoms with Gasteiger partial charge in [-0.15, -0.1) is 0 Å². The number of rotatable bonds is 2. The number of hydrogen-bond donors (Lipinski definition) is 2. The molecule has 2 aromatic rings. The highest BCUT2D eigenvalue weighted by atomic mass is 16.1. The monoisotopic (exact) mass is 200 g/mol. The van der Waals surface area contributed by atoms with E-state index in [4.69, 9.17) is 0 Å². The molecule has 0 aliphatic heterocycles. The van der Waals surface area contributed by atoms with E-state index in [1.165, 1.54) is 0 Å². The van der Waals surface area contributed by atoms with E-state index < -0.39 is 0 Å². The Morgan fingerprint density at radius 1 is 1.13 bits per heavy atom. The molecule has 0 fully saturated rings. The smallest absolute Gasteiger partial charge is 0.250 e. The number of hydrogen-bond acceptors (Lipinski definition) is 2. The Balaban J connectivity index is 2.26. The van der Waals surface area contributed by atoms with Crippen molar-refractivity contribution in [3.8, 4) is 0 Å². The number of nitrogens with one attached hydrogen (secondary N) is 2. The molecule has 0 radical (unpaired) electrons. The maximum absolute atomic E-state index is 11.1. The van der Waals surface area contributed by atoms with Crippen molar-refractivity contribution >= 4 is 11.4 Å². The third-order valence-corrected chi connectivity index (χ3v) is 2.15. The van der Waals surface area contributed by atoms with Crippen LogP contribution in [0.4, 0.5) is 11.4 Å². The van der Waals surface area contributed by atoms with Gasteiger partial charge in [-0.3, -0.25) is 4.79 Å². The van der Waals surface area contributed by atoms with Gasteiger partial charge >= 0.3 is 0 Å². The number of H-pyrrole nitrogens is 1. The number of para-hydroxylation sites is 1. The van der Waals surface area contributed by atoms with E-state index in [2.05, 4.69) is 10.3 Å². The van der Waals surface area contributed by atoms with E-state index in [1.807, 2.05) is 36.4 Å². The Kier molecular flexibility index (Phi) is 2.54. The Morgan fingerprint density at radius 3 is 2.53 bits per heavy atom. The van der Waals surface area contributed by atoms with Crippen LogP contribution in [-0.2, 0) is 0 Å². The van der Waals surface area contributed by atoms with Gasteiger partial charge in [0, 0.05) is 17.4 Å². The summed E-state index contributed by atoms with van der Waals surface area (Å²) in [7, 11) is 0. The van der Waals surface area contributed by atoms with E-state index in [9.17, 15) is 4.79 Å². The fourth-order valence-corrected chi connectivity index (χ4v) is 1.36. The molecule has 2 N–H and O–H groups in total. The van der Waals surface area contributed by atoms with Gasteiger partial charge in [0.15, 0.2) is 0 Å². The molecule has 0 atom stereocenters. The highest BCUT2D eigenvalue weighted by Crippen LogP contribution is 2.14. The topological polar surface area (TPSA) is 44.9 Å². The van der Waals surface area contributed by atoms with Gasteiger partial charge < -0.3 is 10.3 Å². The predicted octanol–water partition coefficient (Wildman–Crippen LogP) is 2.43. The molecule has 3 nitrogen and oxygen atoms in total. The second kappa shape index (κ2) is 4.00. The molecule has 2 rings (SSSR count). The van der Waals surface area contributed by atoms with Crippen molar-refractivity contribution in [2.45, 2.75) is 6.92 Å². The molecule has 1 aromatic carbocycles. The summed E-state index contributed by atoms with van der Waals surface area (Å²) in [6.45, 7) is 1.79. The average molecular weight is 200 g/mol. The van der Waals surface area contributed by atoms with Crippen molar-refractivity contribution in [2.75, 3.05) is 5.32 Å². The van der Waals surface area contributed by atoms with Gasteiger partial charge in [0.1, 0.15) is 0 Å². The van der Waals surface area contributed by atoms with Gasteiger partial charge in [-0.05, 0) is 25.1 Å². The lowest BCUT2D eigenvalue weighted by Crippen LogP contribution is -2.08. The summed E-state index contributed by atoms with van der Waals surface area (Å²) in [6, 6.07) is 11.7. The SMILES string of the molecule is Cc1cc(Nc2ccccc2)c[nH]c1=O. The Morgan fingerprint density at radius 2 is 1.87 bits per heavy atom. The second-order valence-corrected chi connectivity index (χ2v) is 3.39. The normalized spacial score (nSPS) is 9.93. The van der Waals surface area contributed by atoms with Crippen LogP contribution in [0.5, 0.6) is 0 Å². The average Bonchev–Trinajstić information content (AvgIpc) is 2.25. The second-order valence-electron chi connectivity index (χ2n) is 3.39. The number of anilines is 2. The molecule has 76 valence electrons. The Hall–Kier alpha value is -2.03. The van der Waals surface area contributed by atoms with Gasteiger partial charge in [0.2, 0.25) is 0 Å². The zero-order valence-corrected chi connectivity index (χ0v) is 8.45. The van der Waals surface area contributed by atoms with Crippen LogP contribution in [0.2, 0.25) is 0 Å². The van der Waals surface area contributed by atoms with Crippen molar-refractivity contribution in [2.24, 2.45) is 0 Å². The minimum atomic E-state index is -0.0476. The standard InChI is InChI=1S/C12H12N2O/c1-9-7-11(8-13-12(9)15)14-10-5-3-2-4-6-10/h2-8,14H,1H3,(H,13,15). The maximum Gasteiger partial charge on any atom is 0.250 e. The van der Waals surface area contributed by atoms with Gasteiger partial charge in [-0.1, -0.05) is 18.2 Å². The summed E-state index contributed by atoms with van der Waals surface area (Å²) in [5.41, 5.74) is 2.55. The zero-order valence-electron chi connectivity index (χ0n) is 8.45. The number of aromatic amines is 1. The molecule has 0 amide bonds. The third-order valence-electron chi connectivity index (χ3n) is 2.15. The molecule has 1 heterocycles. The van der Waals surface area contributed by atoms with Gasteiger partial charge in [-0.2, -0.15) is 0 Å². The van der Waals surface area contributed by atoms with Crippen LogP contribution in [0.1, 0.15) is 5.56 Å². The van der Waals surface area contributed by atoms with Crippen LogP contribution in [0, 0.1) is 6.92 Å². The largest absolute Gasteiger partial charge is 0.354 e. The first-order chi connectivity index (χ1) is 7.25. The van der Waals surface area contributed by atoms with E-state index >= 15 is 0 Å². The first kappa shape index (κ1) is 9.52. The molecule has 0 spiro atoms.